The number of hydrogen-bond acceptors (Lipinski definition) is 7. The van der Waals surface area contributed by atoms with E-state index in [1.807, 2.05) is 0 Å². The largest absolute Gasteiger partial charge is 0.419 e. The van der Waals surface area contributed by atoms with Gasteiger partial charge in [0.25, 0.3) is 11.5 Å². The zero-order chi connectivity index (χ0) is 16.5. The summed E-state index contributed by atoms with van der Waals surface area (Å²) >= 11 is 0. The van der Waals surface area contributed by atoms with E-state index < -0.39 is 22.6 Å². The molecule has 0 aromatic heterocycles. The lowest BCUT2D eigenvalue weighted by molar-refractivity contribution is -0.384. The summed E-state index contributed by atoms with van der Waals surface area (Å²) < 4.78 is 9.84. The minimum atomic E-state index is -1.33. The summed E-state index contributed by atoms with van der Waals surface area (Å²) in [6.07, 6.45) is 1.04. The van der Waals surface area contributed by atoms with Crippen molar-refractivity contribution in [2.24, 2.45) is 0 Å². The van der Waals surface area contributed by atoms with Gasteiger partial charge in [-0.3, -0.25) is 10.1 Å². The minimum absolute atomic E-state index is 0.141. The first-order chi connectivity index (χ1) is 10.2. The van der Waals surface area contributed by atoms with Gasteiger partial charge in [-0.2, -0.15) is 0 Å². The van der Waals surface area contributed by atoms with Crippen LogP contribution in [0.3, 0.4) is 0 Å². The molecule has 1 aliphatic rings. The number of nitrogens with one attached hydrogen (secondary N) is 1. The number of para-hydroxylation sites is 1. The number of nitro benzene ring substituents is 1. The van der Waals surface area contributed by atoms with Crippen molar-refractivity contribution < 1.29 is 24.0 Å². The second-order valence-corrected chi connectivity index (χ2v) is 5.11. The first-order valence-corrected chi connectivity index (χ1v) is 6.38. The molecule has 0 spiro atoms. The molecule has 0 unspecified atom stereocenters. The number of esters is 2. The summed E-state index contributed by atoms with van der Waals surface area (Å²) in [5, 5.41) is 13.7. The lowest BCUT2D eigenvalue weighted by Gasteiger charge is -2.29. The number of hydrogen-bond donors (Lipinski definition) is 1. The molecule has 1 aromatic rings. The fraction of sp³-hybridized carbons (Fsp3) is 0.286. The molecule has 0 radical (unpaired) electrons. The Balaban J connectivity index is 2.30. The van der Waals surface area contributed by atoms with E-state index in [0.29, 0.717) is 5.56 Å². The van der Waals surface area contributed by atoms with Crippen molar-refractivity contribution in [3.63, 3.8) is 0 Å². The second kappa shape index (κ2) is 5.47. The normalized spacial score (nSPS) is 16.6. The Kier molecular flexibility index (Phi) is 3.85. The van der Waals surface area contributed by atoms with Crippen LogP contribution in [0.15, 0.2) is 30.0 Å². The molecule has 1 saturated heterocycles. The zero-order valence-electron chi connectivity index (χ0n) is 12.2. The van der Waals surface area contributed by atoms with Crippen LogP contribution in [0.25, 0.3) is 0 Å². The van der Waals surface area contributed by atoms with Crippen LogP contribution < -0.4 is 5.32 Å². The Bertz CT molecular complexity index is 671. The van der Waals surface area contributed by atoms with E-state index in [1.165, 1.54) is 19.9 Å². The fourth-order valence-corrected chi connectivity index (χ4v) is 1.95. The Labute approximate surface area is 125 Å². The monoisotopic (exact) mass is 306 g/mol. The SMILES string of the molecule is Cc1cccc(NC=C2C(=O)OC(C)(C)OC2=O)c1[N+](=O)[O-]. The smallest absolute Gasteiger partial charge is 0.350 e. The van der Waals surface area contributed by atoms with E-state index in [4.69, 9.17) is 9.47 Å². The third kappa shape index (κ3) is 3.05. The highest BCUT2D eigenvalue weighted by Gasteiger charge is 2.39. The number of carbonyl (C=O) groups excluding carboxylic acids is 2. The number of carbonyl (C=O) groups is 2. The molecule has 0 atom stereocenters. The Morgan fingerprint density at radius 3 is 2.36 bits per heavy atom. The zero-order valence-corrected chi connectivity index (χ0v) is 12.2. The standard InChI is InChI=1S/C14H14N2O6/c1-8-5-4-6-10(11(8)16(19)20)15-7-9-12(17)21-14(2,3)22-13(9)18/h4-7,15H,1-3H3. The Morgan fingerprint density at radius 2 is 1.82 bits per heavy atom. The first-order valence-electron chi connectivity index (χ1n) is 6.38. The van der Waals surface area contributed by atoms with Gasteiger partial charge < -0.3 is 14.8 Å². The highest BCUT2D eigenvalue weighted by atomic mass is 16.7. The maximum Gasteiger partial charge on any atom is 0.350 e. The molecule has 0 amide bonds. The maximum absolute atomic E-state index is 11.8. The van der Waals surface area contributed by atoms with Gasteiger partial charge in [0.2, 0.25) is 0 Å². The van der Waals surface area contributed by atoms with E-state index >= 15 is 0 Å². The molecule has 8 nitrogen and oxygen atoms in total. The minimum Gasteiger partial charge on any atom is -0.419 e. The van der Waals surface area contributed by atoms with E-state index in [1.54, 1.807) is 19.1 Å². The third-order valence-electron chi connectivity index (χ3n) is 2.91. The van der Waals surface area contributed by atoms with Crippen molar-refractivity contribution >= 4 is 23.3 Å². The molecule has 1 N–H and O–H groups in total. The summed E-state index contributed by atoms with van der Waals surface area (Å²) in [5.74, 6) is -3.05. The predicted octanol–water partition coefficient (Wildman–Crippen LogP) is 2.04. The van der Waals surface area contributed by atoms with Gasteiger partial charge in [-0.1, -0.05) is 12.1 Å². The molecule has 0 saturated carbocycles. The van der Waals surface area contributed by atoms with Gasteiger partial charge in [0.15, 0.2) is 5.57 Å². The highest BCUT2D eigenvalue weighted by molar-refractivity contribution is 6.15. The quantitative estimate of drug-likeness (QED) is 0.299. The number of benzene rings is 1. The topological polar surface area (TPSA) is 108 Å². The molecule has 0 bridgehead atoms. The molecule has 8 heteroatoms. The van der Waals surface area contributed by atoms with E-state index in [9.17, 15) is 19.7 Å². The van der Waals surface area contributed by atoms with Crippen molar-refractivity contribution in [3.8, 4) is 0 Å². The molecule has 116 valence electrons. The predicted molar refractivity (Wildman–Crippen MR) is 75.8 cm³/mol. The Hall–Kier alpha value is -2.90. The number of nitro groups is 1. The van der Waals surface area contributed by atoms with Crippen molar-refractivity contribution in [2.75, 3.05) is 5.32 Å². The molecule has 0 aliphatic carbocycles. The van der Waals surface area contributed by atoms with Gasteiger partial charge in [-0.15, -0.1) is 0 Å². The average molecular weight is 306 g/mol. The second-order valence-electron chi connectivity index (χ2n) is 5.11. The van der Waals surface area contributed by atoms with Crippen LogP contribution in [-0.4, -0.2) is 22.6 Å². The lowest BCUT2D eigenvalue weighted by atomic mass is 10.1. The highest BCUT2D eigenvalue weighted by Crippen LogP contribution is 2.29. The molecule has 1 aliphatic heterocycles. The molecular formula is C14H14N2O6. The summed E-state index contributed by atoms with van der Waals surface area (Å²) in [4.78, 5) is 34.0. The van der Waals surface area contributed by atoms with Crippen LogP contribution in [0.2, 0.25) is 0 Å². The van der Waals surface area contributed by atoms with E-state index in [2.05, 4.69) is 5.32 Å². The molecule has 1 aromatic carbocycles. The molecule has 2 rings (SSSR count). The number of anilines is 1. The van der Waals surface area contributed by atoms with Crippen LogP contribution in [0.4, 0.5) is 11.4 Å². The number of rotatable bonds is 3. The first kappa shape index (κ1) is 15.5. The molecule has 1 fully saturated rings. The van der Waals surface area contributed by atoms with E-state index in [0.717, 1.165) is 6.20 Å². The average Bonchev–Trinajstić information content (AvgIpc) is 2.35. The number of ether oxygens (including phenoxy) is 2. The van der Waals surface area contributed by atoms with Gasteiger partial charge in [0, 0.05) is 25.6 Å². The fourth-order valence-electron chi connectivity index (χ4n) is 1.95. The van der Waals surface area contributed by atoms with Gasteiger partial charge >= 0.3 is 11.9 Å². The van der Waals surface area contributed by atoms with Crippen molar-refractivity contribution in [1.82, 2.24) is 0 Å². The van der Waals surface area contributed by atoms with Crippen LogP contribution in [0, 0.1) is 17.0 Å². The summed E-state index contributed by atoms with van der Waals surface area (Å²) in [6, 6.07) is 4.66. The van der Waals surface area contributed by atoms with Crippen LogP contribution in [0.1, 0.15) is 19.4 Å². The number of nitrogens with zero attached hydrogens (tertiary/aromatic N) is 1. The Morgan fingerprint density at radius 1 is 1.23 bits per heavy atom. The third-order valence-corrected chi connectivity index (χ3v) is 2.91. The lowest BCUT2D eigenvalue weighted by Crippen LogP contribution is -2.42. The summed E-state index contributed by atoms with van der Waals surface area (Å²) in [7, 11) is 0. The van der Waals surface area contributed by atoms with Crippen LogP contribution in [-0.2, 0) is 19.1 Å². The molecule has 1 heterocycles. The van der Waals surface area contributed by atoms with Crippen LogP contribution in [0.5, 0.6) is 0 Å². The van der Waals surface area contributed by atoms with Crippen molar-refractivity contribution in [3.05, 3.63) is 45.6 Å². The number of aryl methyl sites for hydroxylation is 1. The maximum atomic E-state index is 11.8. The molecular weight excluding hydrogens is 292 g/mol. The van der Waals surface area contributed by atoms with Crippen molar-refractivity contribution in [1.29, 1.82) is 0 Å². The van der Waals surface area contributed by atoms with Crippen LogP contribution >= 0.6 is 0 Å². The number of cyclic esters (lactones) is 2. The van der Waals surface area contributed by atoms with Gasteiger partial charge in [0.1, 0.15) is 5.69 Å². The summed E-state index contributed by atoms with van der Waals surface area (Å²) in [5.41, 5.74) is 0.0959. The molecule has 22 heavy (non-hydrogen) atoms. The van der Waals surface area contributed by atoms with Crippen molar-refractivity contribution in [2.45, 2.75) is 26.6 Å². The van der Waals surface area contributed by atoms with Gasteiger partial charge in [0.05, 0.1) is 4.92 Å². The summed E-state index contributed by atoms with van der Waals surface area (Å²) in [6.45, 7) is 4.44. The van der Waals surface area contributed by atoms with Gasteiger partial charge in [-0.25, -0.2) is 9.59 Å². The van der Waals surface area contributed by atoms with Gasteiger partial charge in [-0.05, 0) is 13.0 Å². The van der Waals surface area contributed by atoms with E-state index in [-0.39, 0.29) is 16.9 Å².